The van der Waals surface area contributed by atoms with Crippen molar-refractivity contribution in [1.29, 1.82) is 0 Å². The molecule has 1 fully saturated rings. The molecule has 0 bridgehead atoms. The van der Waals surface area contributed by atoms with E-state index in [9.17, 15) is 4.79 Å². The number of H-pyrrole nitrogens is 1. The van der Waals surface area contributed by atoms with Crippen molar-refractivity contribution < 1.29 is 4.79 Å². The van der Waals surface area contributed by atoms with Gasteiger partial charge in [-0.3, -0.25) is 4.79 Å². The molecule has 0 spiro atoms. The van der Waals surface area contributed by atoms with Crippen molar-refractivity contribution in [3.8, 4) is 0 Å². The number of hydrogen-bond acceptors (Lipinski definition) is 1. The number of likely N-dealkylation sites (tertiary alicyclic amines) is 1. The zero-order valence-electron chi connectivity index (χ0n) is 14.0. The molecule has 3 nitrogen and oxygen atoms in total. The van der Waals surface area contributed by atoms with Gasteiger partial charge in [0.25, 0.3) is 0 Å². The van der Waals surface area contributed by atoms with E-state index < -0.39 is 0 Å². The Morgan fingerprint density at radius 2 is 2.00 bits per heavy atom. The fourth-order valence-electron chi connectivity index (χ4n) is 3.72. The number of carbonyl (C=O) groups excluding carboxylic acids is 1. The number of aromatic nitrogens is 1. The van der Waals surface area contributed by atoms with Gasteiger partial charge in [-0.2, -0.15) is 0 Å². The van der Waals surface area contributed by atoms with Crippen molar-refractivity contribution >= 4 is 16.8 Å². The van der Waals surface area contributed by atoms with Crippen LogP contribution in [0.2, 0.25) is 0 Å². The van der Waals surface area contributed by atoms with Crippen molar-refractivity contribution in [2.24, 2.45) is 0 Å². The Kier molecular flexibility index (Phi) is 3.85. The van der Waals surface area contributed by atoms with Crippen LogP contribution in [0.1, 0.15) is 35.4 Å². The van der Waals surface area contributed by atoms with Crippen molar-refractivity contribution in [2.75, 3.05) is 6.54 Å². The molecule has 1 aromatic heterocycles. The van der Waals surface area contributed by atoms with Crippen molar-refractivity contribution in [2.45, 2.75) is 32.2 Å². The summed E-state index contributed by atoms with van der Waals surface area (Å²) in [5.74, 6) is 0.674. The Balaban J connectivity index is 1.59. The Morgan fingerprint density at radius 1 is 1.17 bits per heavy atom. The van der Waals surface area contributed by atoms with E-state index in [1.807, 2.05) is 23.1 Å². The van der Waals surface area contributed by atoms with E-state index in [4.69, 9.17) is 0 Å². The highest BCUT2D eigenvalue weighted by molar-refractivity contribution is 5.85. The van der Waals surface area contributed by atoms with Gasteiger partial charge in [-0.1, -0.05) is 42.0 Å². The van der Waals surface area contributed by atoms with E-state index in [1.54, 1.807) is 0 Å². The van der Waals surface area contributed by atoms with E-state index in [-0.39, 0.29) is 5.91 Å². The van der Waals surface area contributed by atoms with Crippen LogP contribution < -0.4 is 0 Å². The van der Waals surface area contributed by atoms with E-state index in [2.05, 4.69) is 48.4 Å². The standard InChI is InChI=1S/C21H22N2O/c1-15-7-9-20-18(11-15)19(12-22-20)17-8-10-21(24)23(14-17)13-16-5-3-2-4-6-16/h2-7,9,11-12,17,22H,8,10,13-14H2,1H3/t17-/m0/s1. The fraction of sp³-hybridized carbons (Fsp3) is 0.286. The van der Waals surface area contributed by atoms with Gasteiger partial charge in [0.15, 0.2) is 0 Å². The van der Waals surface area contributed by atoms with Gasteiger partial charge < -0.3 is 9.88 Å². The first-order chi connectivity index (χ1) is 11.7. The second-order valence-corrected chi connectivity index (χ2v) is 6.79. The van der Waals surface area contributed by atoms with Gasteiger partial charge in [0.05, 0.1) is 0 Å². The number of carbonyl (C=O) groups is 1. The van der Waals surface area contributed by atoms with Crippen LogP contribution >= 0.6 is 0 Å². The molecule has 122 valence electrons. The molecule has 3 heteroatoms. The highest BCUT2D eigenvalue weighted by Crippen LogP contribution is 2.33. The summed E-state index contributed by atoms with van der Waals surface area (Å²) in [5, 5.41) is 1.30. The van der Waals surface area contributed by atoms with Crippen molar-refractivity contribution in [1.82, 2.24) is 9.88 Å². The van der Waals surface area contributed by atoms with Crippen molar-refractivity contribution in [3.05, 3.63) is 71.4 Å². The maximum atomic E-state index is 12.3. The molecule has 1 atom stereocenters. The number of benzene rings is 2. The fourth-order valence-corrected chi connectivity index (χ4v) is 3.72. The summed E-state index contributed by atoms with van der Waals surface area (Å²) in [6.45, 7) is 3.63. The minimum absolute atomic E-state index is 0.270. The van der Waals surface area contributed by atoms with E-state index in [0.29, 0.717) is 18.9 Å². The number of amides is 1. The number of hydrogen-bond donors (Lipinski definition) is 1. The predicted molar refractivity (Wildman–Crippen MR) is 96.9 cm³/mol. The number of aromatic amines is 1. The van der Waals surface area contributed by atoms with Gasteiger partial charge in [-0.05, 0) is 36.6 Å². The number of nitrogens with zero attached hydrogens (tertiary/aromatic N) is 1. The third-order valence-electron chi connectivity index (χ3n) is 5.03. The molecule has 0 radical (unpaired) electrons. The molecular formula is C21H22N2O. The molecule has 1 saturated heterocycles. The lowest BCUT2D eigenvalue weighted by atomic mass is 9.89. The van der Waals surface area contributed by atoms with Crippen LogP contribution in [-0.4, -0.2) is 22.3 Å². The van der Waals surface area contributed by atoms with Crippen LogP contribution in [0.15, 0.2) is 54.7 Å². The van der Waals surface area contributed by atoms with Gasteiger partial charge in [-0.15, -0.1) is 0 Å². The normalized spacial score (nSPS) is 18.3. The summed E-state index contributed by atoms with van der Waals surface area (Å²) < 4.78 is 0. The summed E-state index contributed by atoms with van der Waals surface area (Å²) in [6.07, 6.45) is 3.70. The summed E-state index contributed by atoms with van der Waals surface area (Å²) in [5.41, 5.74) is 5.00. The minimum atomic E-state index is 0.270. The lowest BCUT2D eigenvalue weighted by molar-refractivity contribution is -0.134. The first kappa shape index (κ1) is 15.0. The SMILES string of the molecule is Cc1ccc2[nH]cc([C@H]3CCC(=O)N(Cc4ccccc4)C3)c2c1. The zero-order valence-corrected chi connectivity index (χ0v) is 14.0. The average molecular weight is 318 g/mol. The second-order valence-electron chi connectivity index (χ2n) is 6.79. The molecule has 0 unspecified atom stereocenters. The topological polar surface area (TPSA) is 36.1 Å². The summed E-state index contributed by atoms with van der Waals surface area (Å²) in [6, 6.07) is 16.8. The number of nitrogens with one attached hydrogen (secondary N) is 1. The van der Waals surface area contributed by atoms with E-state index in [1.165, 1.54) is 27.6 Å². The molecular weight excluding hydrogens is 296 g/mol. The van der Waals surface area contributed by atoms with Gasteiger partial charge in [0, 0.05) is 42.5 Å². The molecule has 1 aliphatic rings. The van der Waals surface area contributed by atoms with Crippen LogP contribution in [0.5, 0.6) is 0 Å². The zero-order chi connectivity index (χ0) is 16.5. The largest absolute Gasteiger partial charge is 0.361 e. The van der Waals surface area contributed by atoms with Crippen LogP contribution in [-0.2, 0) is 11.3 Å². The first-order valence-electron chi connectivity index (χ1n) is 8.60. The molecule has 0 aliphatic carbocycles. The monoisotopic (exact) mass is 318 g/mol. The average Bonchev–Trinajstić information content (AvgIpc) is 3.01. The molecule has 2 heterocycles. The second kappa shape index (κ2) is 6.16. The third-order valence-corrected chi connectivity index (χ3v) is 5.03. The van der Waals surface area contributed by atoms with Gasteiger partial charge in [-0.25, -0.2) is 0 Å². The lowest BCUT2D eigenvalue weighted by Crippen LogP contribution is -2.38. The molecule has 4 rings (SSSR count). The summed E-state index contributed by atoms with van der Waals surface area (Å²) in [7, 11) is 0. The molecule has 0 saturated carbocycles. The quantitative estimate of drug-likeness (QED) is 0.764. The maximum absolute atomic E-state index is 12.3. The predicted octanol–water partition coefficient (Wildman–Crippen LogP) is 4.38. The number of aryl methyl sites for hydroxylation is 1. The maximum Gasteiger partial charge on any atom is 0.222 e. The molecule has 24 heavy (non-hydrogen) atoms. The Hall–Kier alpha value is -2.55. The Morgan fingerprint density at radius 3 is 2.83 bits per heavy atom. The van der Waals surface area contributed by atoms with Gasteiger partial charge in [0.1, 0.15) is 0 Å². The smallest absolute Gasteiger partial charge is 0.222 e. The summed E-state index contributed by atoms with van der Waals surface area (Å²) in [4.78, 5) is 17.7. The number of piperidine rings is 1. The Labute approximate surface area is 142 Å². The molecule has 2 aromatic carbocycles. The molecule has 1 N–H and O–H groups in total. The number of rotatable bonds is 3. The highest BCUT2D eigenvalue weighted by Gasteiger charge is 2.28. The van der Waals surface area contributed by atoms with E-state index in [0.717, 1.165) is 13.0 Å². The molecule has 1 aliphatic heterocycles. The van der Waals surface area contributed by atoms with Crippen LogP contribution in [0.3, 0.4) is 0 Å². The minimum Gasteiger partial charge on any atom is -0.361 e. The van der Waals surface area contributed by atoms with Crippen LogP contribution in [0.25, 0.3) is 10.9 Å². The van der Waals surface area contributed by atoms with Gasteiger partial charge >= 0.3 is 0 Å². The third kappa shape index (κ3) is 2.82. The summed E-state index contributed by atoms with van der Waals surface area (Å²) >= 11 is 0. The number of fused-ring (bicyclic) bond motifs is 1. The van der Waals surface area contributed by atoms with Crippen molar-refractivity contribution in [3.63, 3.8) is 0 Å². The van der Waals surface area contributed by atoms with Crippen LogP contribution in [0, 0.1) is 6.92 Å². The molecule has 1 amide bonds. The molecule has 3 aromatic rings. The highest BCUT2D eigenvalue weighted by atomic mass is 16.2. The first-order valence-corrected chi connectivity index (χ1v) is 8.60. The van der Waals surface area contributed by atoms with Crippen LogP contribution in [0.4, 0.5) is 0 Å². The van der Waals surface area contributed by atoms with E-state index >= 15 is 0 Å². The Bertz CT molecular complexity index is 866. The van der Waals surface area contributed by atoms with Gasteiger partial charge in [0.2, 0.25) is 5.91 Å². The lowest BCUT2D eigenvalue weighted by Gasteiger charge is -2.32.